The number of nitrogens with zero attached hydrogens (tertiary/aromatic N) is 1. The molecule has 38 heavy (non-hydrogen) atoms. The Morgan fingerprint density at radius 3 is 2.47 bits per heavy atom. The van der Waals surface area contributed by atoms with Gasteiger partial charge in [-0.25, -0.2) is 4.98 Å². The van der Waals surface area contributed by atoms with E-state index >= 15 is 0 Å². The van der Waals surface area contributed by atoms with E-state index in [-0.39, 0.29) is 22.1 Å². The van der Waals surface area contributed by atoms with Gasteiger partial charge < -0.3 is 25.0 Å². The van der Waals surface area contributed by atoms with Crippen LogP contribution < -0.4 is 10.6 Å². The van der Waals surface area contributed by atoms with Gasteiger partial charge in [0.15, 0.2) is 0 Å². The van der Waals surface area contributed by atoms with Crippen molar-refractivity contribution in [1.82, 2.24) is 15.6 Å². The van der Waals surface area contributed by atoms with Gasteiger partial charge in [0.1, 0.15) is 11.7 Å². The Labute approximate surface area is 228 Å². The van der Waals surface area contributed by atoms with Crippen LogP contribution in [0.25, 0.3) is 11.3 Å². The third-order valence-corrected chi connectivity index (χ3v) is 7.18. The normalized spacial score (nSPS) is 20.5. The summed E-state index contributed by atoms with van der Waals surface area (Å²) in [7, 11) is -0.991. The minimum Gasteiger partial charge on any atom is -0.507 e. The van der Waals surface area contributed by atoms with Gasteiger partial charge >= 0.3 is 13.1 Å². The number of rotatable bonds is 9. The van der Waals surface area contributed by atoms with Crippen molar-refractivity contribution in [2.75, 3.05) is 6.61 Å². The van der Waals surface area contributed by atoms with E-state index in [2.05, 4.69) is 15.6 Å². The highest BCUT2D eigenvalue weighted by molar-refractivity contribution is 8.01. The zero-order chi connectivity index (χ0) is 27.8. The second-order valence-electron chi connectivity index (χ2n) is 9.94. The summed E-state index contributed by atoms with van der Waals surface area (Å²) in [4.78, 5) is 43.3. The second-order valence-corrected chi connectivity index (χ2v) is 11.7. The Morgan fingerprint density at radius 2 is 1.82 bits per heavy atom. The van der Waals surface area contributed by atoms with Crippen molar-refractivity contribution in [2.24, 2.45) is 5.92 Å². The van der Waals surface area contributed by atoms with Crippen molar-refractivity contribution < 1.29 is 28.8 Å². The average Bonchev–Trinajstić information content (AvgIpc) is 2.88. The maximum Gasteiger partial charge on any atom is 0.551 e. The Morgan fingerprint density at radius 1 is 1.11 bits per heavy atom. The lowest BCUT2D eigenvalue weighted by Crippen LogP contribution is -2.59. The first-order valence-electron chi connectivity index (χ1n) is 12.8. The molecule has 0 aliphatic carbocycles. The van der Waals surface area contributed by atoms with Crippen molar-refractivity contribution in [1.29, 1.82) is 0 Å². The molecule has 1 aliphatic rings. The molecule has 1 aromatic carbocycles. The van der Waals surface area contributed by atoms with Crippen molar-refractivity contribution in [2.45, 2.75) is 69.6 Å². The van der Waals surface area contributed by atoms with E-state index in [1.807, 2.05) is 51.1 Å². The zero-order valence-corrected chi connectivity index (χ0v) is 23.2. The number of thioether (sulfide) groups is 1. The minimum atomic E-state index is -1.27. The molecule has 0 spiro atoms. The fourth-order valence-electron chi connectivity index (χ4n) is 4.09. The molecule has 1 fully saturated rings. The van der Waals surface area contributed by atoms with Crippen LogP contribution in [-0.2, 0) is 18.9 Å². The molecular weight excluding hydrogens is 505 g/mol. The maximum atomic E-state index is 13.3. The standard InChI is InChI=1S/C27H36BN3O6S/c1-16(2)14-23(28-36-15-17(3)38-19(5)27(35)37-28)30-26(34)24(18(4)32)31-25(33)22-13-9-12-21(29-22)20-10-7-6-8-11-20/h6-13,16-19,23-24,32H,14-15H2,1-5H3,(H,30,34)(H,31,33)/t17-,18-,19-,23+,24+/m1/s1. The fraction of sp³-hybridized carbons (Fsp3) is 0.481. The summed E-state index contributed by atoms with van der Waals surface area (Å²) >= 11 is 1.46. The number of pyridine rings is 1. The maximum absolute atomic E-state index is 13.3. The van der Waals surface area contributed by atoms with E-state index in [1.165, 1.54) is 18.7 Å². The number of aliphatic hydroxyl groups excluding tert-OH is 1. The quantitative estimate of drug-likeness (QED) is 0.414. The SMILES string of the molecule is CC(C)C[C@H](NC(=O)[C@@H](NC(=O)c1cccc(-c2ccccc2)n1)[C@@H](C)O)B1OC[C@@H](C)S[C@H](C)C(=O)O1. The highest BCUT2D eigenvalue weighted by Gasteiger charge is 2.40. The van der Waals surface area contributed by atoms with Crippen molar-refractivity contribution in [3.63, 3.8) is 0 Å². The monoisotopic (exact) mass is 541 g/mol. The average molecular weight is 541 g/mol. The number of nitrogens with one attached hydrogen (secondary N) is 2. The highest BCUT2D eigenvalue weighted by Crippen LogP contribution is 2.24. The molecule has 1 aliphatic heterocycles. The molecule has 2 amide bonds. The molecule has 204 valence electrons. The second kappa shape index (κ2) is 13.8. The van der Waals surface area contributed by atoms with Crippen molar-refractivity contribution in [3.8, 4) is 11.3 Å². The molecule has 3 N–H and O–H groups in total. The van der Waals surface area contributed by atoms with Crippen LogP contribution in [0.5, 0.6) is 0 Å². The van der Waals surface area contributed by atoms with Gasteiger partial charge in [-0.3, -0.25) is 14.4 Å². The number of aliphatic hydroxyl groups is 1. The zero-order valence-electron chi connectivity index (χ0n) is 22.4. The third-order valence-electron chi connectivity index (χ3n) is 5.98. The van der Waals surface area contributed by atoms with E-state index in [4.69, 9.17) is 9.31 Å². The first kappa shape index (κ1) is 29.7. The minimum absolute atomic E-state index is 0.0689. The summed E-state index contributed by atoms with van der Waals surface area (Å²) in [5, 5.41) is 15.5. The van der Waals surface area contributed by atoms with Gasteiger partial charge in [-0.2, -0.15) is 0 Å². The van der Waals surface area contributed by atoms with Crippen molar-refractivity contribution in [3.05, 3.63) is 54.2 Å². The summed E-state index contributed by atoms with van der Waals surface area (Å²) in [5.74, 6) is -2.17. The van der Waals surface area contributed by atoms with E-state index in [1.54, 1.807) is 25.1 Å². The van der Waals surface area contributed by atoms with E-state index in [0.717, 1.165) is 5.56 Å². The van der Waals surface area contributed by atoms with Gasteiger partial charge in [0.25, 0.3) is 5.91 Å². The molecule has 2 aromatic rings. The molecule has 0 unspecified atom stereocenters. The van der Waals surface area contributed by atoms with Crippen LogP contribution in [0.3, 0.4) is 0 Å². The molecule has 11 heteroatoms. The van der Waals surface area contributed by atoms with Gasteiger partial charge in [0.05, 0.1) is 23.0 Å². The highest BCUT2D eigenvalue weighted by atomic mass is 32.2. The Hall–Kier alpha value is -2.89. The number of carbonyl (C=O) groups excluding carboxylic acids is 3. The molecule has 1 saturated heterocycles. The molecule has 0 bridgehead atoms. The molecule has 9 nitrogen and oxygen atoms in total. The molecule has 3 rings (SSSR count). The number of carbonyl (C=O) groups is 3. The van der Waals surface area contributed by atoms with Crippen LogP contribution in [0.2, 0.25) is 0 Å². The molecule has 2 heterocycles. The molecule has 5 atom stereocenters. The van der Waals surface area contributed by atoms with Crippen molar-refractivity contribution >= 4 is 36.7 Å². The lowest BCUT2D eigenvalue weighted by Gasteiger charge is -2.31. The smallest absolute Gasteiger partial charge is 0.507 e. The fourth-order valence-corrected chi connectivity index (χ4v) is 5.11. The molecule has 1 aromatic heterocycles. The van der Waals surface area contributed by atoms with Crippen LogP contribution in [0.4, 0.5) is 0 Å². The third kappa shape index (κ3) is 8.31. The summed E-state index contributed by atoms with van der Waals surface area (Å²) in [6, 6.07) is 13.2. The largest absolute Gasteiger partial charge is 0.551 e. The summed E-state index contributed by atoms with van der Waals surface area (Å²) in [6.45, 7) is 9.46. The van der Waals surface area contributed by atoms with Gasteiger partial charge in [0.2, 0.25) is 5.91 Å². The van der Waals surface area contributed by atoms with E-state index in [0.29, 0.717) is 18.7 Å². The summed E-state index contributed by atoms with van der Waals surface area (Å²) < 4.78 is 11.5. The van der Waals surface area contributed by atoms with Crippen LogP contribution in [0, 0.1) is 5.92 Å². The van der Waals surface area contributed by atoms with Gasteiger partial charge in [0, 0.05) is 17.4 Å². The van der Waals surface area contributed by atoms with Crippen LogP contribution >= 0.6 is 11.8 Å². The van der Waals surface area contributed by atoms with Gasteiger partial charge in [-0.1, -0.05) is 57.2 Å². The summed E-state index contributed by atoms with van der Waals surface area (Å²) in [6.07, 6.45) is -0.742. The number of amides is 2. The Bertz CT molecular complexity index is 1100. The number of hydrogen-bond donors (Lipinski definition) is 3. The predicted octanol–water partition coefficient (Wildman–Crippen LogP) is 2.87. The Balaban J connectivity index is 1.76. The lowest BCUT2D eigenvalue weighted by atomic mass is 9.73. The number of hydrogen-bond acceptors (Lipinski definition) is 8. The molecule has 0 saturated carbocycles. The first-order chi connectivity index (χ1) is 18.0. The van der Waals surface area contributed by atoms with Crippen LogP contribution in [-0.4, -0.2) is 70.2 Å². The van der Waals surface area contributed by atoms with Gasteiger partial charge in [-0.15, -0.1) is 11.8 Å². The molecule has 0 radical (unpaired) electrons. The topological polar surface area (TPSA) is 127 Å². The summed E-state index contributed by atoms with van der Waals surface area (Å²) in [5.41, 5.74) is 1.57. The van der Waals surface area contributed by atoms with E-state index < -0.39 is 43.0 Å². The number of benzene rings is 1. The molecular formula is C27H36BN3O6S. The predicted molar refractivity (Wildman–Crippen MR) is 148 cm³/mol. The van der Waals surface area contributed by atoms with Gasteiger partial charge in [-0.05, 0) is 38.3 Å². The number of aromatic nitrogens is 1. The Kier molecular flexibility index (Phi) is 10.8. The van der Waals surface area contributed by atoms with E-state index in [9.17, 15) is 19.5 Å². The van der Waals surface area contributed by atoms with Crippen LogP contribution in [0.15, 0.2) is 48.5 Å². The lowest BCUT2D eigenvalue weighted by molar-refractivity contribution is -0.136. The first-order valence-corrected chi connectivity index (χ1v) is 13.8. The van der Waals surface area contributed by atoms with Crippen LogP contribution in [0.1, 0.15) is 51.5 Å².